The van der Waals surface area contributed by atoms with Gasteiger partial charge in [0, 0.05) is 37.9 Å². The number of rotatable bonds is 4. The van der Waals surface area contributed by atoms with Gasteiger partial charge in [0.15, 0.2) is 11.2 Å². The van der Waals surface area contributed by atoms with E-state index in [9.17, 15) is 0 Å². The van der Waals surface area contributed by atoms with Crippen LogP contribution < -0.4 is 20.7 Å². The van der Waals surface area contributed by atoms with Crippen LogP contribution in [-0.2, 0) is 0 Å². The molecule has 3 N–H and O–H groups in total. The molecular formula is C17H20N8O. The average Bonchev–Trinajstić information content (AvgIpc) is 2.69. The second kappa shape index (κ2) is 7.04. The third kappa shape index (κ3) is 3.21. The van der Waals surface area contributed by atoms with Crippen LogP contribution in [0.5, 0.6) is 5.88 Å². The number of fused-ring (bicyclic) bond motifs is 1. The Hall–Kier alpha value is -3.07. The van der Waals surface area contributed by atoms with Crippen molar-refractivity contribution in [2.24, 2.45) is 0 Å². The van der Waals surface area contributed by atoms with E-state index in [0.717, 1.165) is 37.6 Å². The Morgan fingerprint density at radius 2 is 2.04 bits per heavy atom. The van der Waals surface area contributed by atoms with Gasteiger partial charge in [0.2, 0.25) is 11.8 Å². The summed E-state index contributed by atoms with van der Waals surface area (Å²) in [5.41, 5.74) is 8.28. The Kier molecular flexibility index (Phi) is 4.44. The van der Waals surface area contributed by atoms with Crippen LogP contribution in [0.4, 0.5) is 11.8 Å². The summed E-state index contributed by atoms with van der Waals surface area (Å²) in [6.07, 6.45) is 3.48. The Balaban J connectivity index is 1.74. The molecule has 9 nitrogen and oxygen atoms in total. The Morgan fingerprint density at radius 1 is 1.19 bits per heavy atom. The summed E-state index contributed by atoms with van der Waals surface area (Å²) < 4.78 is 5.55. The molecule has 0 aromatic carbocycles. The highest BCUT2D eigenvalue weighted by Crippen LogP contribution is 2.26. The predicted octanol–water partition coefficient (Wildman–Crippen LogP) is 0.872. The van der Waals surface area contributed by atoms with E-state index in [1.165, 1.54) is 0 Å². The summed E-state index contributed by atoms with van der Waals surface area (Å²) in [4.78, 5) is 24.1. The number of hydrogen-bond acceptors (Lipinski definition) is 9. The number of pyridine rings is 1. The van der Waals surface area contributed by atoms with Crippen LogP contribution in [0.25, 0.3) is 22.4 Å². The van der Waals surface area contributed by atoms with Gasteiger partial charge in [-0.05, 0) is 19.1 Å². The highest BCUT2D eigenvalue weighted by molar-refractivity contribution is 5.79. The summed E-state index contributed by atoms with van der Waals surface area (Å²) in [5.74, 6) is 1.40. The molecule has 1 saturated heterocycles. The monoisotopic (exact) mass is 352 g/mol. The third-order valence-electron chi connectivity index (χ3n) is 4.16. The van der Waals surface area contributed by atoms with Gasteiger partial charge in [-0.2, -0.15) is 9.97 Å². The molecule has 134 valence electrons. The number of piperazine rings is 1. The first-order valence-corrected chi connectivity index (χ1v) is 8.60. The molecule has 4 heterocycles. The molecule has 0 bridgehead atoms. The molecule has 0 unspecified atom stereocenters. The minimum Gasteiger partial charge on any atom is -0.476 e. The maximum absolute atomic E-state index is 5.72. The number of ether oxygens (including phenoxy) is 1. The fourth-order valence-corrected chi connectivity index (χ4v) is 2.92. The third-order valence-corrected chi connectivity index (χ3v) is 4.16. The molecular weight excluding hydrogens is 332 g/mol. The van der Waals surface area contributed by atoms with E-state index >= 15 is 0 Å². The van der Waals surface area contributed by atoms with Crippen molar-refractivity contribution in [1.82, 2.24) is 30.2 Å². The lowest BCUT2D eigenvalue weighted by atomic mass is 10.2. The van der Waals surface area contributed by atoms with Gasteiger partial charge < -0.3 is 20.7 Å². The molecule has 9 heteroatoms. The molecule has 4 rings (SSSR count). The summed E-state index contributed by atoms with van der Waals surface area (Å²) >= 11 is 0. The molecule has 26 heavy (non-hydrogen) atoms. The first-order valence-electron chi connectivity index (χ1n) is 8.60. The van der Waals surface area contributed by atoms with Crippen LogP contribution in [-0.4, -0.2) is 57.7 Å². The number of nitrogens with one attached hydrogen (secondary N) is 1. The van der Waals surface area contributed by atoms with Crippen LogP contribution >= 0.6 is 0 Å². The summed E-state index contributed by atoms with van der Waals surface area (Å²) in [6.45, 7) is 6.11. The van der Waals surface area contributed by atoms with E-state index in [2.05, 4.69) is 35.1 Å². The van der Waals surface area contributed by atoms with Crippen LogP contribution in [0.3, 0.4) is 0 Å². The normalized spacial score (nSPS) is 14.6. The van der Waals surface area contributed by atoms with E-state index in [1.54, 1.807) is 12.4 Å². The summed E-state index contributed by atoms with van der Waals surface area (Å²) in [7, 11) is 0. The van der Waals surface area contributed by atoms with Crippen LogP contribution in [0.2, 0.25) is 0 Å². The first kappa shape index (κ1) is 16.4. The molecule has 1 aliphatic heterocycles. The standard InChI is InChI=1S/C17H20N8O/c1-2-26-16-14-15(23-17(18)24-16)21-10-12(22-14)11-3-4-20-13(9-11)25-7-5-19-6-8-25/h3-4,9-10,19H,2,5-8H2,1H3,(H2,18,21,23,24). The van der Waals surface area contributed by atoms with E-state index in [4.69, 9.17) is 10.5 Å². The molecule has 1 fully saturated rings. The van der Waals surface area contributed by atoms with Crippen molar-refractivity contribution in [2.75, 3.05) is 43.4 Å². The second-order valence-corrected chi connectivity index (χ2v) is 5.89. The van der Waals surface area contributed by atoms with Crippen molar-refractivity contribution >= 4 is 22.9 Å². The first-order chi connectivity index (χ1) is 12.7. The van der Waals surface area contributed by atoms with Crippen molar-refractivity contribution in [3.8, 4) is 17.1 Å². The summed E-state index contributed by atoms with van der Waals surface area (Å²) in [6, 6.07) is 3.94. The number of nitrogen functional groups attached to an aromatic ring is 1. The molecule has 0 atom stereocenters. The summed E-state index contributed by atoms with van der Waals surface area (Å²) in [5, 5.41) is 3.34. The van der Waals surface area contributed by atoms with Gasteiger partial charge >= 0.3 is 0 Å². The van der Waals surface area contributed by atoms with Gasteiger partial charge in [-0.15, -0.1) is 0 Å². The largest absolute Gasteiger partial charge is 0.476 e. The highest BCUT2D eigenvalue weighted by Gasteiger charge is 2.15. The maximum Gasteiger partial charge on any atom is 0.247 e. The number of nitrogens with two attached hydrogens (primary N) is 1. The lowest BCUT2D eigenvalue weighted by Gasteiger charge is -2.28. The van der Waals surface area contributed by atoms with Gasteiger partial charge in [-0.25, -0.2) is 15.0 Å². The van der Waals surface area contributed by atoms with E-state index < -0.39 is 0 Å². The quantitative estimate of drug-likeness (QED) is 0.705. The van der Waals surface area contributed by atoms with Crippen molar-refractivity contribution in [3.05, 3.63) is 24.5 Å². The molecule has 0 saturated carbocycles. The topological polar surface area (TPSA) is 115 Å². The Bertz CT molecular complexity index is 926. The molecule has 0 spiro atoms. The fraction of sp³-hybridized carbons (Fsp3) is 0.353. The lowest BCUT2D eigenvalue weighted by molar-refractivity contribution is 0.330. The average molecular weight is 352 g/mol. The number of anilines is 2. The zero-order valence-corrected chi connectivity index (χ0v) is 14.5. The van der Waals surface area contributed by atoms with Crippen molar-refractivity contribution in [1.29, 1.82) is 0 Å². The van der Waals surface area contributed by atoms with Gasteiger partial charge in [-0.1, -0.05) is 0 Å². The maximum atomic E-state index is 5.72. The number of aromatic nitrogens is 5. The van der Waals surface area contributed by atoms with Gasteiger partial charge in [0.1, 0.15) is 5.82 Å². The smallest absolute Gasteiger partial charge is 0.247 e. The zero-order valence-electron chi connectivity index (χ0n) is 14.5. The Morgan fingerprint density at radius 3 is 2.85 bits per heavy atom. The van der Waals surface area contributed by atoms with Gasteiger partial charge in [0.05, 0.1) is 18.5 Å². The predicted molar refractivity (Wildman–Crippen MR) is 99.0 cm³/mol. The zero-order chi connectivity index (χ0) is 17.9. The van der Waals surface area contributed by atoms with Crippen LogP contribution in [0.15, 0.2) is 24.5 Å². The molecule has 1 aliphatic rings. The van der Waals surface area contributed by atoms with Crippen molar-refractivity contribution in [3.63, 3.8) is 0 Å². The second-order valence-electron chi connectivity index (χ2n) is 5.89. The van der Waals surface area contributed by atoms with Crippen molar-refractivity contribution < 1.29 is 4.74 Å². The molecule has 0 amide bonds. The molecule has 3 aromatic rings. The SMILES string of the molecule is CCOc1nc(N)nc2ncc(-c3ccnc(N4CCNCC4)c3)nc12. The van der Waals surface area contributed by atoms with E-state index in [0.29, 0.717) is 29.3 Å². The number of nitrogens with zero attached hydrogens (tertiary/aromatic N) is 6. The molecule has 3 aromatic heterocycles. The minimum absolute atomic E-state index is 0.118. The van der Waals surface area contributed by atoms with E-state index in [1.807, 2.05) is 19.1 Å². The van der Waals surface area contributed by atoms with Crippen LogP contribution in [0, 0.1) is 0 Å². The van der Waals surface area contributed by atoms with Crippen LogP contribution in [0.1, 0.15) is 6.92 Å². The fourth-order valence-electron chi connectivity index (χ4n) is 2.92. The highest BCUT2D eigenvalue weighted by atomic mass is 16.5. The van der Waals surface area contributed by atoms with Gasteiger partial charge in [0.25, 0.3) is 0 Å². The molecule has 0 radical (unpaired) electrons. The Labute approximate surface area is 150 Å². The molecule has 0 aliphatic carbocycles. The van der Waals surface area contributed by atoms with E-state index in [-0.39, 0.29) is 5.95 Å². The lowest BCUT2D eigenvalue weighted by Crippen LogP contribution is -2.43. The number of hydrogen-bond donors (Lipinski definition) is 2. The van der Waals surface area contributed by atoms with Crippen molar-refractivity contribution in [2.45, 2.75) is 6.92 Å². The van der Waals surface area contributed by atoms with Gasteiger partial charge in [-0.3, -0.25) is 0 Å². The minimum atomic E-state index is 0.118.